The minimum atomic E-state index is -0.220. The van der Waals surface area contributed by atoms with Crippen LogP contribution >= 0.6 is 0 Å². The van der Waals surface area contributed by atoms with Crippen LogP contribution in [0.2, 0.25) is 0 Å². The highest BCUT2D eigenvalue weighted by Crippen LogP contribution is 2.26. The van der Waals surface area contributed by atoms with E-state index in [9.17, 15) is 9.59 Å². The first kappa shape index (κ1) is 24.6. The molecule has 168 valence electrons. The van der Waals surface area contributed by atoms with E-state index in [1.165, 1.54) is 5.56 Å². The first-order valence-electron chi connectivity index (χ1n) is 10.9. The molecule has 31 heavy (non-hydrogen) atoms. The summed E-state index contributed by atoms with van der Waals surface area (Å²) in [6.45, 7) is 8.87. The molecular weight excluding hydrogens is 386 g/mol. The van der Waals surface area contributed by atoms with Crippen molar-refractivity contribution in [1.82, 2.24) is 15.5 Å². The molecule has 0 saturated heterocycles. The fraction of sp³-hybridized carbons (Fsp3) is 0.462. The lowest BCUT2D eigenvalue weighted by Gasteiger charge is -2.28. The standard InChI is InChI=1S/C26H37N3O2/c1-18-13-20(25(31)27-5)14-19(2)23(18)15-22(29(6)7)17-28-24(30)16-26(3,4)21-11-9-8-10-12-21/h8-14,22H,15-17H2,1-7H3,(H,27,31)(H,28,30)/t22-/m0/s1. The molecule has 0 bridgehead atoms. The molecule has 0 aliphatic heterocycles. The average molecular weight is 424 g/mol. The third-order valence-electron chi connectivity index (χ3n) is 6.05. The molecule has 0 aromatic heterocycles. The number of nitrogens with one attached hydrogen (secondary N) is 2. The number of hydrogen-bond donors (Lipinski definition) is 2. The number of carbonyl (C=O) groups is 2. The first-order chi connectivity index (χ1) is 14.5. The van der Waals surface area contributed by atoms with E-state index in [0.717, 1.165) is 23.1 Å². The van der Waals surface area contributed by atoms with Crippen LogP contribution in [0.25, 0.3) is 0 Å². The van der Waals surface area contributed by atoms with Crippen LogP contribution in [0.5, 0.6) is 0 Å². The smallest absolute Gasteiger partial charge is 0.251 e. The molecule has 0 aliphatic rings. The molecule has 2 N–H and O–H groups in total. The fourth-order valence-corrected chi connectivity index (χ4v) is 3.95. The van der Waals surface area contributed by atoms with Gasteiger partial charge in [-0.3, -0.25) is 9.59 Å². The van der Waals surface area contributed by atoms with Crippen LogP contribution in [-0.2, 0) is 16.6 Å². The zero-order chi connectivity index (χ0) is 23.2. The lowest BCUT2D eigenvalue weighted by atomic mass is 9.81. The zero-order valence-electron chi connectivity index (χ0n) is 20.0. The van der Waals surface area contributed by atoms with Crippen molar-refractivity contribution in [3.8, 4) is 0 Å². The van der Waals surface area contributed by atoms with E-state index in [4.69, 9.17) is 0 Å². The van der Waals surface area contributed by atoms with Crippen molar-refractivity contribution in [3.05, 3.63) is 70.3 Å². The van der Waals surface area contributed by atoms with Gasteiger partial charge in [0.05, 0.1) is 0 Å². The highest BCUT2D eigenvalue weighted by molar-refractivity contribution is 5.94. The molecule has 0 spiro atoms. The molecule has 2 aromatic carbocycles. The van der Waals surface area contributed by atoms with Crippen LogP contribution in [0, 0.1) is 13.8 Å². The molecule has 2 amide bonds. The summed E-state index contributed by atoms with van der Waals surface area (Å²) in [5.41, 5.74) is 5.05. The van der Waals surface area contributed by atoms with Crippen LogP contribution in [0.1, 0.15) is 52.9 Å². The van der Waals surface area contributed by atoms with E-state index in [1.54, 1.807) is 7.05 Å². The number of nitrogens with zero attached hydrogens (tertiary/aromatic N) is 1. The third kappa shape index (κ3) is 6.66. The molecule has 1 atom stereocenters. The predicted molar refractivity (Wildman–Crippen MR) is 128 cm³/mol. The second-order valence-corrected chi connectivity index (χ2v) is 9.22. The molecule has 2 aromatic rings. The Morgan fingerprint density at radius 3 is 2.13 bits per heavy atom. The normalized spacial score (nSPS) is 12.5. The zero-order valence-corrected chi connectivity index (χ0v) is 20.0. The van der Waals surface area contributed by atoms with E-state index in [2.05, 4.69) is 41.5 Å². The molecule has 0 unspecified atom stereocenters. The summed E-state index contributed by atoms with van der Waals surface area (Å²) in [6.07, 6.45) is 1.25. The second kappa shape index (κ2) is 10.6. The lowest BCUT2D eigenvalue weighted by molar-refractivity contribution is -0.122. The van der Waals surface area contributed by atoms with E-state index in [0.29, 0.717) is 18.5 Å². The van der Waals surface area contributed by atoms with Gasteiger partial charge in [0.1, 0.15) is 0 Å². The maximum absolute atomic E-state index is 12.7. The Labute approximate surface area is 187 Å². The van der Waals surface area contributed by atoms with Gasteiger partial charge in [-0.05, 0) is 74.2 Å². The quantitative estimate of drug-likeness (QED) is 0.648. The number of amides is 2. The third-order valence-corrected chi connectivity index (χ3v) is 6.05. The van der Waals surface area contributed by atoms with Crippen LogP contribution in [0.4, 0.5) is 0 Å². The summed E-state index contributed by atoms with van der Waals surface area (Å²) in [6, 6.07) is 14.2. The minimum Gasteiger partial charge on any atom is -0.355 e. The Balaban J connectivity index is 2.05. The monoisotopic (exact) mass is 423 g/mol. The topological polar surface area (TPSA) is 61.4 Å². The van der Waals surface area contributed by atoms with Gasteiger partial charge in [0, 0.05) is 31.6 Å². The van der Waals surface area contributed by atoms with E-state index >= 15 is 0 Å². The van der Waals surface area contributed by atoms with Crippen LogP contribution in [0.3, 0.4) is 0 Å². The second-order valence-electron chi connectivity index (χ2n) is 9.22. The fourth-order valence-electron chi connectivity index (χ4n) is 3.95. The Morgan fingerprint density at radius 1 is 1.03 bits per heavy atom. The Hall–Kier alpha value is -2.66. The first-order valence-corrected chi connectivity index (χ1v) is 10.9. The summed E-state index contributed by atoms with van der Waals surface area (Å²) < 4.78 is 0. The SMILES string of the molecule is CNC(=O)c1cc(C)c(C[C@@H](CNC(=O)CC(C)(C)c2ccccc2)N(C)C)c(C)c1. The van der Waals surface area contributed by atoms with E-state index in [1.807, 2.05) is 58.3 Å². The highest BCUT2D eigenvalue weighted by atomic mass is 16.2. The number of likely N-dealkylation sites (N-methyl/N-ethyl adjacent to an activating group) is 1. The maximum Gasteiger partial charge on any atom is 0.251 e. The molecule has 5 nitrogen and oxygen atoms in total. The van der Waals surface area contributed by atoms with Gasteiger partial charge in [-0.25, -0.2) is 0 Å². The number of hydrogen-bond acceptors (Lipinski definition) is 3. The largest absolute Gasteiger partial charge is 0.355 e. The summed E-state index contributed by atoms with van der Waals surface area (Å²) in [7, 11) is 5.72. The van der Waals surface area contributed by atoms with Gasteiger partial charge in [-0.1, -0.05) is 44.2 Å². The van der Waals surface area contributed by atoms with Gasteiger partial charge < -0.3 is 15.5 Å². The van der Waals surface area contributed by atoms with Crippen LogP contribution in [-0.4, -0.2) is 50.4 Å². The molecule has 0 radical (unpaired) electrons. The number of aryl methyl sites for hydroxylation is 2. The minimum absolute atomic E-state index is 0.0594. The summed E-state index contributed by atoms with van der Waals surface area (Å²) >= 11 is 0. The van der Waals surface area contributed by atoms with Crippen molar-refractivity contribution < 1.29 is 9.59 Å². The van der Waals surface area contributed by atoms with Crippen LogP contribution < -0.4 is 10.6 Å². The van der Waals surface area contributed by atoms with Crippen molar-refractivity contribution in [2.75, 3.05) is 27.7 Å². The van der Waals surface area contributed by atoms with Gasteiger partial charge in [-0.15, -0.1) is 0 Å². The molecule has 2 rings (SSSR count). The van der Waals surface area contributed by atoms with E-state index in [-0.39, 0.29) is 23.3 Å². The maximum atomic E-state index is 12.7. The van der Waals surface area contributed by atoms with E-state index < -0.39 is 0 Å². The predicted octanol–water partition coefficient (Wildman–Crippen LogP) is 3.62. The Bertz CT molecular complexity index is 881. The number of benzene rings is 2. The van der Waals surface area contributed by atoms with Gasteiger partial charge in [0.25, 0.3) is 5.91 Å². The van der Waals surface area contributed by atoms with Crippen LogP contribution in [0.15, 0.2) is 42.5 Å². The Morgan fingerprint density at radius 2 is 1.61 bits per heavy atom. The van der Waals surface area contributed by atoms with Crippen molar-refractivity contribution >= 4 is 11.8 Å². The molecule has 0 aliphatic carbocycles. The van der Waals surface area contributed by atoms with Gasteiger partial charge in [0.2, 0.25) is 5.91 Å². The van der Waals surface area contributed by atoms with Gasteiger partial charge >= 0.3 is 0 Å². The van der Waals surface area contributed by atoms with Gasteiger partial charge in [-0.2, -0.15) is 0 Å². The molecular formula is C26H37N3O2. The molecule has 0 saturated carbocycles. The number of carbonyl (C=O) groups excluding carboxylic acids is 2. The number of rotatable bonds is 9. The van der Waals surface area contributed by atoms with Crippen molar-refractivity contribution in [1.29, 1.82) is 0 Å². The van der Waals surface area contributed by atoms with Gasteiger partial charge in [0.15, 0.2) is 0 Å². The van der Waals surface area contributed by atoms with Crippen molar-refractivity contribution in [2.24, 2.45) is 0 Å². The van der Waals surface area contributed by atoms with Crippen molar-refractivity contribution in [3.63, 3.8) is 0 Å². The summed E-state index contributed by atoms with van der Waals surface area (Å²) in [4.78, 5) is 26.9. The molecule has 5 heteroatoms. The summed E-state index contributed by atoms with van der Waals surface area (Å²) in [5, 5.41) is 5.83. The molecule has 0 fully saturated rings. The highest BCUT2D eigenvalue weighted by Gasteiger charge is 2.25. The Kier molecular flexibility index (Phi) is 8.40. The summed E-state index contributed by atoms with van der Waals surface area (Å²) in [5.74, 6) is -0.0145. The van der Waals surface area contributed by atoms with Crippen molar-refractivity contribution in [2.45, 2.75) is 52.0 Å². The average Bonchev–Trinajstić information content (AvgIpc) is 2.72. The lowest BCUT2D eigenvalue weighted by Crippen LogP contribution is -2.43. The molecule has 0 heterocycles.